The Morgan fingerprint density at radius 2 is 1.79 bits per heavy atom. The number of hydrogen-bond acceptors (Lipinski definition) is 7. The molecule has 11 nitrogen and oxygen atoms in total. The number of amides is 2. The lowest BCUT2D eigenvalue weighted by Crippen LogP contribution is -2.41. The first-order valence-corrected chi connectivity index (χ1v) is 20.8. The van der Waals surface area contributed by atoms with Gasteiger partial charge in [0, 0.05) is 28.6 Å². The van der Waals surface area contributed by atoms with Crippen molar-refractivity contribution < 1.29 is 27.5 Å². The quantitative estimate of drug-likeness (QED) is 0.208. The van der Waals surface area contributed by atoms with E-state index >= 15 is 0 Å². The van der Waals surface area contributed by atoms with Crippen LogP contribution in [-0.4, -0.2) is 77.1 Å². The number of rotatable bonds is 8. The van der Waals surface area contributed by atoms with Crippen molar-refractivity contribution in [2.24, 2.45) is 0 Å². The lowest BCUT2D eigenvalue weighted by molar-refractivity contribution is 0.0258. The molecule has 0 unspecified atom stereocenters. The zero-order chi connectivity index (χ0) is 36.6. The van der Waals surface area contributed by atoms with Crippen LogP contribution in [0.5, 0.6) is 5.75 Å². The molecule has 3 aliphatic heterocycles. The number of hydrogen-bond donors (Lipinski definition) is 1. The van der Waals surface area contributed by atoms with Crippen molar-refractivity contribution in [1.82, 2.24) is 24.0 Å². The van der Waals surface area contributed by atoms with Gasteiger partial charge >= 0.3 is 0 Å². The highest BCUT2D eigenvalue weighted by Gasteiger charge is 2.43. The molecular weight excluding hydrogens is 691 g/mol. The summed E-state index contributed by atoms with van der Waals surface area (Å²) >= 11 is 0. The van der Waals surface area contributed by atoms with E-state index in [1.54, 1.807) is 33.2 Å². The minimum atomic E-state index is -3.83. The molecular formula is C41H47N5O6S. The molecule has 53 heavy (non-hydrogen) atoms. The maximum Gasteiger partial charge on any atom is 0.264 e. The fourth-order valence-corrected chi connectivity index (χ4v) is 9.79. The van der Waals surface area contributed by atoms with Crippen LogP contribution in [0.15, 0.2) is 42.6 Å². The second-order valence-electron chi connectivity index (χ2n) is 15.8. The first-order valence-electron chi connectivity index (χ1n) is 19.2. The van der Waals surface area contributed by atoms with Crippen LogP contribution in [0.4, 0.5) is 0 Å². The minimum absolute atomic E-state index is 0.0109. The van der Waals surface area contributed by atoms with Crippen molar-refractivity contribution in [1.29, 1.82) is 0 Å². The van der Waals surface area contributed by atoms with Gasteiger partial charge in [-0.3, -0.25) is 14.3 Å². The largest absolute Gasteiger partial charge is 0.497 e. The Morgan fingerprint density at radius 3 is 2.47 bits per heavy atom. The molecule has 5 aliphatic rings. The number of fused-ring (bicyclic) bond motifs is 7. The monoisotopic (exact) mass is 737 g/mol. The molecule has 5 heterocycles. The summed E-state index contributed by atoms with van der Waals surface area (Å²) in [4.78, 5) is 30.0. The summed E-state index contributed by atoms with van der Waals surface area (Å²) in [6.45, 7) is 4.69. The molecule has 2 amide bonds. The standard InChI is InChI=1S/C41H47N5O6S/c1-24(2)53(49,50)43-40(47)26-12-14-34-36(18-26)45-21-28(16-27-17-31(51-3)13-15-33(27)39(45)37(34)25-8-5-4-6-9-25)38-35(20-42-46(38)29-10-7-11-29)41(48)44-22-32-19-30(44)23-52-32/h12-18,20,24-25,29-30,32H,4-11,19,21-23H2,1-3H3,(H,43,47)/t30-,32-/m1/s1. The Labute approximate surface area is 310 Å². The zero-order valence-corrected chi connectivity index (χ0v) is 31.5. The van der Waals surface area contributed by atoms with E-state index in [0.717, 1.165) is 96.1 Å². The third-order valence-corrected chi connectivity index (χ3v) is 14.0. The minimum Gasteiger partial charge on any atom is -0.497 e. The Balaban J connectivity index is 1.26. The molecule has 2 aromatic heterocycles. The van der Waals surface area contributed by atoms with Gasteiger partial charge in [0.05, 0.1) is 66.8 Å². The lowest BCUT2D eigenvalue weighted by atomic mass is 9.81. The average Bonchev–Trinajstić information content (AvgIpc) is 3.92. The normalized spacial score (nSPS) is 21.7. The topological polar surface area (TPSA) is 125 Å². The number of aromatic nitrogens is 3. The van der Waals surface area contributed by atoms with Gasteiger partial charge in [-0.25, -0.2) is 13.1 Å². The molecule has 2 atom stereocenters. The third-order valence-electron chi connectivity index (χ3n) is 12.3. The number of carbonyl (C=O) groups excluding carboxylic acids is 2. The van der Waals surface area contributed by atoms with Crippen LogP contribution in [-0.2, 0) is 21.3 Å². The number of methoxy groups -OCH3 is 1. The first-order chi connectivity index (χ1) is 25.6. The van der Waals surface area contributed by atoms with Crippen molar-refractivity contribution in [3.05, 3.63) is 70.5 Å². The van der Waals surface area contributed by atoms with Gasteiger partial charge in [0.25, 0.3) is 11.8 Å². The van der Waals surface area contributed by atoms with E-state index in [4.69, 9.17) is 14.6 Å². The molecule has 2 aromatic carbocycles. The predicted octanol–water partition coefficient (Wildman–Crippen LogP) is 6.92. The van der Waals surface area contributed by atoms with E-state index in [0.29, 0.717) is 31.2 Å². The van der Waals surface area contributed by atoms with E-state index < -0.39 is 21.2 Å². The highest BCUT2D eigenvalue weighted by molar-refractivity contribution is 7.90. The second-order valence-corrected chi connectivity index (χ2v) is 18.0. The molecule has 4 aromatic rings. The van der Waals surface area contributed by atoms with Gasteiger partial charge in [0.15, 0.2) is 0 Å². The highest BCUT2D eigenvalue weighted by atomic mass is 32.2. The number of morpholine rings is 1. The number of benzene rings is 2. The molecule has 0 radical (unpaired) electrons. The molecule has 278 valence electrons. The summed E-state index contributed by atoms with van der Waals surface area (Å²) in [6, 6.07) is 12.1. The van der Waals surface area contributed by atoms with E-state index in [1.807, 2.05) is 23.1 Å². The molecule has 0 spiro atoms. The molecule has 12 heteroatoms. The molecule has 2 saturated heterocycles. The lowest BCUT2D eigenvalue weighted by Gasteiger charge is -2.30. The summed E-state index contributed by atoms with van der Waals surface area (Å²) in [5.41, 5.74) is 7.95. The zero-order valence-electron chi connectivity index (χ0n) is 30.6. The number of nitrogens with zero attached hydrogens (tertiary/aromatic N) is 4. The van der Waals surface area contributed by atoms with Gasteiger partial charge in [0.2, 0.25) is 10.0 Å². The molecule has 2 saturated carbocycles. The summed E-state index contributed by atoms with van der Waals surface area (Å²) < 4.78 is 43.8. The Bertz CT molecular complexity index is 2280. The van der Waals surface area contributed by atoms with E-state index in [-0.39, 0.29) is 29.7 Å². The number of carbonyl (C=O) groups is 2. The van der Waals surface area contributed by atoms with E-state index in [2.05, 4.69) is 32.2 Å². The van der Waals surface area contributed by atoms with Gasteiger partial charge in [0.1, 0.15) is 5.75 Å². The van der Waals surface area contributed by atoms with Crippen molar-refractivity contribution >= 4 is 44.4 Å². The van der Waals surface area contributed by atoms with Crippen LogP contribution in [0.2, 0.25) is 0 Å². The van der Waals surface area contributed by atoms with Crippen molar-refractivity contribution in [2.45, 2.75) is 108 Å². The SMILES string of the molecule is COc1ccc2c(c1)C=C(c1c(C(=O)N3C[C@H]4C[C@@H]3CO4)cnn1C1CCC1)Cn1c-2c(C2CCCCC2)c2ccc(C(=O)NS(=O)(=O)C(C)C)cc21. The van der Waals surface area contributed by atoms with Crippen molar-refractivity contribution in [3.8, 4) is 17.0 Å². The number of likely N-dealkylation sites (tertiary alicyclic amines) is 1. The smallest absolute Gasteiger partial charge is 0.264 e. The molecule has 4 fully saturated rings. The summed E-state index contributed by atoms with van der Waals surface area (Å²) in [6.07, 6.45) is 13.7. The third kappa shape index (κ3) is 5.80. The van der Waals surface area contributed by atoms with Crippen LogP contribution in [0.3, 0.4) is 0 Å². The predicted molar refractivity (Wildman–Crippen MR) is 203 cm³/mol. The Morgan fingerprint density at radius 1 is 0.981 bits per heavy atom. The number of nitrogens with one attached hydrogen (secondary N) is 1. The van der Waals surface area contributed by atoms with Gasteiger partial charge in [-0.2, -0.15) is 5.10 Å². The Kier molecular flexibility index (Phi) is 8.53. The van der Waals surface area contributed by atoms with Crippen molar-refractivity contribution in [2.75, 3.05) is 20.3 Å². The number of sulfonamides is 1. The van der Waals surface area contributed by atoms with Gasteiger partial charge in [-0.1, -0.05) is 25.3 Å². The molecule has 9 rings (SSSR count). The van der Waals surface area contributed by atoms with Gasteiger partial charge in [-0.05, 0) is 111 Å². The van der Waals surface area contributed by atoms with Crippen LogP contribution in [0.1, 0.15) is 121 Å². The van der Waals surface area contributed by atoms with Crippen LogP contribution >= 0.6 is 0 Å². The number of ether oxygens (including phenoxy) is 2. The van der Waals surface area contributed by atoms with Crippen LogP contribution in [0, 0.1) is 0 Å². The molecule has 2 bridgehead atoms. The summed E-state index contributed by atoms with van der Waals surface area (Å²) in [5, 5.41) is 5.24. The van der Waals surface area contributed by atoms with Gasteiger partial charge in [-0.15, -0.1) is 0 Å². The second kappa shape index (κ2) is 13.2. The molecule has 1 N–H and O–H groups in total. The maximum absolute atomic E-state index is 14.5. The fourth-order valence-electron chi connectivity index (χ4n) is 9.18. The van der Waals surface area contributed by atoms with Crippen LogP contribution in [0.25, 0.3) is 33.8 Å². The number of allylic oxidation sites excluding steroid dienone is 1. The average molecular weight is 738 g/mol. The first kappa shape index (κ1) is 34.4. The maximum atomic E-state index is 14.5. The summed E-state index contributed by atoms with van der Waals surface area (Å²) in [7, 11) is -2.16. The highest BCUT2D eigenvalue weighted by Crippen LogP contribution is 2.48. The van der Waals surface area contributed by atoms with Gasteiger partial charge < -0.3 is 18.9 Å². The summed E-state index contributed by atoms with van der Waals surface area (Å²) in [5.74, 6) is 0.406. The fraction of sp³-hybridized carbons (Fsp3) is 0.488. The van der Waals surface area contributed by atoms with E-state index in [9.17, 15) is 18.0 Å². The molecule has 2 aliphatic carbocycles. The Hall–Kier alpha value is -4.42. The van der Waals surface area contributed by atoms with Crippen LogP contribution < -0.4 is 9.46 Å². The van der Waals surface area contributed by atoms with E-state index in [1.165, 1.54) is 12.0 Å². The van der Waals surface area contributed by atoms with Crippen molar-refractivity contribution in [3.63, 3.8) is 0 Å².